The Hall–Kier alpha value is -1.58. The van der Waals surface area contributed by atoms with Crippen molar-refractivity contribution in [3.63, 3.8) is 0 Å². The van der Waals surface area contributed by atoms with E-state index in [1.54, 1.807) is 0 Å². The topological polar surface area (TPSA) is 25.2 Å². The molecule has 4 heteroatoms. The van der Waals surface area contributed by atoms with Gasteiger partial charge in [0.2, 0.25) is 0 Å². The summed E-state index contributed by atoms with van der Waals surface area (Å²) < 4.78 is 2.13. The molecule has 0 amide bonds. The van der Waals surface area contributed by atoms with Gasteiger partial charge in [0.15, 0.2) is 5.78 Å². The Morgan fingerprint density at radius 1 is 1.21 bits per heavy atom. The predicted molar refractivity (Wildman–Crippen MR) is 99.5 cm³/mol. The Morgan fingerprint density at radius 2 is 1.92 bits per heavy atom. The number of aromatic nitrogens is 1. The molecule has 0 bridgehead atoms. The van der Waals surface area contributed by atoms with Crippen molar-refractivity contribution in [2.45, 2.75) is 45.6 Å². The molecule has 0 saturated carbocycles. The maximum atomic E-state index is 12.9. The van der Waals surface area contributed by atoms with Crippen LogP contribution in [0.5, 0.6) is 0 Å². The van der Waals surface area contributed by atoms with E-state index in [0.29, 0.717) is 12.5 Å². The van der Waals surface area contributed by atoms with E-state index < -0.39 is 0 Å². The first-order valence-electron chi connectivity index (χ1n) is 8.65. The molecule has 3 rings (SSSR count). The summed E-state index contributed by atoms with van der Waals surface area (Å²) in [7, 11) is 2.13. The van der Waals surface area contributed by atoms with E-state index in [2.05, 4.69) is 16.5 Å². The molecule has 1 aliphatic heterocycles. The lowest BCUT2D eigenvalue weighted by molar-refractivity contribution is 0.0905. The molecular weight excluding hydrogens is 320 g/mol. The summed E-state index contributed by atoms with van der Waals surface area (Å²) >= 11 is 5.99. The van der Waals surface area contributed by atoms with Crippen LogP contribution >= 0.6 is 11.6 Å². The number of aryl methyl sites for hydroxylation is 1. The lowest BCUT2D eigenvalue weighted by Gasteiger charge is -2.31. The number of hydrogen-bond donors (Lipinski definition) is 0. The van der Waals surface area contributed by atoms with Gasteiger partial charge in [-0.3, -0.25) is 4.79 Å². The molecule has 1 atom stereocenters. The van der Waals surface area contributed by atoms with Crippen molar-refractivity contribution >= 4 is 17.4 Å². The van der Waals surface area contributed by atoms with Crippen LogP contribution in [0.4, 0.5) is 0 Å². The molecule has 1 aromatic heterocycles. The van der Waals surface area contributed by atoms with Gasteiger partial charge in [-0.2, -0.15) is 0 Å². The molecule has 1 saturated heterocycles. The van der Waals surface area contributed by atoms with E-state index in [1.165, 1.54) is 12.8 Å². The Kier molecular flexibility index (Phi) is 5.12. The van der Waals surface area contributed by atoms with E-state index >= 15 is 0 Å². The molecule has 0 N–H and O–H groups in total. The maximum Gasteiger partial charge on any atom is 0.166 e. The molecule has 1 aliphatic rings. The van der Waals surface area contributed by atoms with Crippen LogP contribution in [-0.2, 0) is 0 Å². The fourth-order valence-electron chi connectivity index (χ4n) is 3.76. The Balaban J connectivity index is 1.85. The van der Waals surface area contributed by atoms with Crippen LogP contribution in [0.15, 0.2) is 30.3 Å². The molecule has 2 aromatic rings. The third-order valence-electron chi connectivity index (χ3n) is 5.16. The standard InChI is InChI=1S/C20H25ClN2O/c1-14-12-19(20(24)13-18-6-4-5-11-22(18)3)15(2)23(14)17-9-7-16(21)8-10-17/h7-10,12,18H,4-6,11,13H2,1-3H3. The molecular formula is C20H25ClN2O. The minimum absolute atomic E-state index is 0.252. The number of benzene rings is 1. The van der Waals surface area contributed by atoms with Crippen molar-refractivity contribution in [2.75, 3.05) is 13.6 Å². The second-order valence-electron chi connectivity index (χ2n) is 6.85. The smallest absolute Gasteiger partial charge is 0.166 e. The largest absolute Gasteiger partial charge is 0.318 e. The summed E-state index contributed by atoms with van der Waals surface area (Å²) in [6.07, 6.45) is 4.21. The Morgan fingerprint density at radius 3 is 2.58 bits per heavy atom. The third-order valence-corrected chi connectivity index (χ3v) is 5.41. The highest BCUT2D eigenvalue weighted by Crippen LogP contribution is 2.25. The highest BCUT2D eigenvalue weighted by molar-refractivity contribution is 6.30. The average molecular weight is 345 g/mol. The number of likely N-dealkylation sites (tertiary alicyclic amines) is 1. The van der Waals surface area contributed by atoms with Crippen LogP contribution < -0.4 is 0 Å². The number of nitrogens with zero attached hydrogens (tertiary/aromatic N) is 2. The molecule has 3 nitrogen and oxygen atoms in total. The van der Waals surface area contributed by atoms with Gasteiger partial charge in [0.1, 0.15) is 0 Å². The summed E-state index contributed by atoms with van der Waals surface area (Å²) in [6.45, 7) is 5.17. The zero-order valence-electron chi connectivity index (χ0n) is 14.7. The van der Waals surface area contributed by atoms with Crippen molar-refractivity contribution in [1.29, 1.82) is 0 Å². The van der Waals surface area contributed by atoms with E-state index in [1.807, 2.05) is 44.2 Å². The van der Waals surface area contributed by atoms with E-state index in [-0.39, 0.29) is 5.78 Å². The van der Waals surface area contributed by atoms with Crippen LogP contribution in [0.3, 0.4) is 0 Å². The molecule has 128 valence electrons. The van der Waals surface area contributed by atoms with E-state index in [4.69, 9.17) is 11.6 Å². The fourth-order valence-corrected chi connectivity index (χ4v) is 3.88. The molecule has 2 heterocycles. The van der Waals surface area contributed by atoms with Crippen molar-refractivity contribution < 1.29 is 4.79 Å². The number of halogens is 1. The van der Waals surface area contributed by atoms with Gasteiger partial charge in [-0.25, -0.2) is 0 Å². The quantitative estimate of drug-likeness (QED) is 0.744. The SMILES string of the molecule is Cc1cc(C(=O)CC2CCCCN2C)c(C)n1-c1ccc(Cl)cc1. The first-order valence-corrected chi connectivity index (χ1v) is 9.03. The number of hydrogen-bond acceptors (Lipinski definition) is 2. The van der Waals surface area contributed by atoms with Crippen LogP contribution in [0.1, 0.15) is 47.4 Å². The number of rotatable bonds is 4. The first-order chi connectivity index (χ1) is 11.5. The number of ketones is 1. The number of Topliss-reactive ketones (excluding diaryl/α,β-unsaturated/α-hetero) is 1. The molecule has 1 aromatic carbocycles. The summed E-state index contributed by atoms with van der Waals surface area (Å²) in [5, 5.41) is 0.720. The van der Waals surface area contributed by atoms with Crippen LogP contribution in [0.25, 0.3) is 5.69 Å². The summed E-state index contributed by atoms with van der Waals surface area (Å²) in [6, 6.07) is 10.2. The zero-order chi connectivity index (χ0) is 17.3. The monoisotopic (exact) mass is 344 g/mol. The number of piperidine rings is 1. The minimum atomic E-state index is 0.252. The van der Waals surface area contributed by atoms with Crippen molar-refractivity contribution in [1.82, 2.24) is 9.47 Å². The lowest BCUT2D eigenvalue weighted by Crippen LogP contribution is -2.37. The highest BCUT2D eigenvalue weighted by Gasteiger charge is 2.24. The zero-order valence-corrected chi connectivity index (χ0v) is 15.4. The Labute approximate surface area is 149 Å². The first kappa shape index (κ1) is 17.2. The van der Waals surface area contributed by atoms with Gasteiger partial charge >= 0.3 is 0 Å². The number of carbonyl (C=O) groups excluding carboxylic acids is 1. The van der Waals surface area contributed by atoms with Gasteiger partial charge in [-0.05, 0) is 70.6 Å². The third kappa shape index (κ3) is 3.42. The molecule has 1 unspecified atom stereocenters. The summed E-state index contributed by atoms with van der Waals surface area (Å²) in [5.41, 5.74) is 3.98. The van der Waals surface area contributed by atoms with Crippen LogP contribution in [0.2, 0.25) is 5.02 Å². The van der Waals surface area contributed by atoms with Crippen molar-refractivity contribution in [3.8, 4) is 5.69 Å². The molecule has 0 aliphatic carbocycles. The van der Waals surface area contributed by atoms with Gasteiger partial charge in [0.25, 0.3) is 0 Å². The lowest BCUT2D eigenvalue weighted by atomic mass is 9.95. The number of carbonyl (C=O) groups is 1. The Bertz CT molecular complexity index is 733. The van der Waals surface area contributed by atoms with Crippen molar-refractivity contribution in [3.05, 3.63) is 52.3 Å². The van der Waals surface area contributed by atoms with E-state index in [0.717, 1.165) is 40.6 Å². The molecule has 0 spiro atoms. The highest BCUT2D eigenvalue weighted by atomic mass is 35.5. The van der Waals surface area contributed by atoms with E-state index in [9.17, 15) is 4.79 Å². The van der Waals surface area contributed by atoms with Gasteiger partial charge in [-0.1, -0.05) is 18.0 Å². The molecule has 1 fully saturated rings. The van der Waals surface area contributed by atoms with Crippen LogP contribution in [0, 0.1) is 13.8 Å². The van der Waals surface area contributed by atoms with Gasteiger partial charge in [0, 0.05) is 40.1 Å². The normalized spacial score (nSPS) is 18.8. The minimum Gasteiger partial charge on any atom is -0.318 e. The van der Waals surface area contributed by atoms with Crippen LogP contribution in [-0.4, -0.2) is 34.9 Å². The second-order valence-corrected chi connectivity index (χ2v) is 7.29. The predicted octanol–water partition coefficient (Wildman–Crippen LogP) is 4.80. The van der Waals surface area contributed by atoms with Gasteiger partial charge in [-0.15, -0.1) is 0 Å². The molecule has 0 radical (unpaired) electrons. The van der Waals surface area contributed by atoms with Gasteiger partial charge in [0.05, 0.1) is 0 Å². The summed E-state index contributed by atoms with van der Waals surface area (Å²) in [4.78, 5) is 15.2. The van der Waals surface area contributed by atoms with Gasteiger partial charge < -0.3 is 9.47 Å². The average Bonchev–Trinajstić information content (AvgIpc) is 2.85. The summed E-state index contributed by atoms with van der Waals surface area (Å²) in [5.74, 6) is 0.252. The molecule has 24 heavy (non-hydrogen) atoms. The van der Waals surface area contributed by atoms with Crippen molar-refractivity contribution in [2.24, 2.45) is 0 Å². The maximum absolute atomic E-state index is 12.9. The fraction of sp³-hybridized carbons (Fsp3) is 0.450. The second kappa shape index (κ2) is 7.12.